The van der Waals surface area contributed by atoms with Crippen LogP contribution in [-0.2, 0) is 0 Å². The van der Waals surface area contributed by atoms with Crippen LogP contribution in [0.5, 0.6) is 11.5 Å². The van der Waals surface area contributed by atoms with Crippen molar-refractivity contribution in [3.8, 4) is 11.5 Å². The van der Waals surface area contributed by atoms with E-state index < -0.39 is 0 Å². The lowest BCUT2D eigenvalue weighted by Crippen LogP contribution is -2.34. The maximum absolute atomic E-state index is 12.3. The van der Waals surface area contributed by atoms with E-state index in [1.54, 1.807) is 37.4 Å². The molecule has 0 aliphatic heterocycles. The van der Waals surface area contributed by atoms with Gasteiger partial charge in [0.05, 0.1) is 13.2 Å². The Morgan fingerprint density at radius 3 is 2.52 bits per heavy atom. The van der Waals surface area contributed by atoms with Crippen LogP contribution in [-0.4, -0.2) is 24.2 Å². The minimum absolute atomic E-state index is 0.138. The molecule has 0 spiro atoms. The molecule has 132 valence electrons. The van der Waals surface area contributed by atoms with Crippen molar-refractivity contribution >= 4 is 28.9 Å². The van der Waals surface area contributed by atoms with Crippen molar-refractivity contribution in [2.24, 2.45) is 0 Å². The third kappa shape index (κ3) is 5.76. The molecule has 1 unspecified atom stereocenters. The first-order valence-corrected chi connectivity index (χ1v) is 8.45. The average molecular weight is 358 g/mol. The van der Waals surface area contributed by atoms with Gasteiger partial charge >= 0.3 is 0 Å². The van der Waals surface area contributed by atoms with E-state index in [2.05, 4.69) is 17.6 Å². The lowest BCUT2D eigenvalue weighted by atomic mass is 10.2. The monoisotopic (exact) mass is 358 g/mol. The zero-order valence-corrected chi connectivity index (χ0v) is 15.4. The van der Waals surface area contributed by atoms with E-state index in [9.17, 15) is 4.79 Å². The molecule has 0 aromatic heterocycles. The van der Waals surface area contributed by atoms with Gasteiger partial charge < -0.3 is 14.8 Å². The summed E-state index contributed by atoms with van der Waals surface area (Å²) >= 11 is 5.18. The van der Waals surface area contributed by atoms with E-state index >= 15 is 0 Å². The molecule has 0 aliphatic rings. The molecule has 0 fully saturated rings. The second-order valence-corrected chi connectivity index (χ2v) is 5.91. The number of nitrogens with one attached hydrogen (secondary N) is 2. The van der Waals surface area contributed by atoms with Crippen molar-refractivity contribution in [1.29, 1.82) is 0 Å². The summed E-state index contributed by atoms with van der Waals surface area (Å²) in [5.41, 5.74) is 1.24. The van der Waals surface area contributed by atoms with Crippen molar-refractivity contribution in [1.82, 2.24) is 5.32 Å². The van der Waals surface area contributed by atoms with Gasteiger partial charge in [0.15, 0.2) is 5.11 Å². The van der Waals surface area contributed by atoms with Crippen molar-refractivity contribution in [3.05, 3.63) is 54.1 Å². The third-order valence-electron chi connectivity index (χ3n) is 3.58. The Kier molecular flexibility index (Phi) is 6.77. The van der Waals surface area contributed by atoms with E-state index in [0.717, 1.165) is 17.9 Å². The van der Waals surface area contributed by atoms with Gasteiger partial charge in [-0.3, -0.25) is 10.1 Å². The summed E-state index contributed by atoms with van der Waals surface area (Å²) in [6, 6.07) is 14.3. The Morgan fingerprint density at radius 1 is 1.16 bits per heavy atom. The number of methoxy groups -OCH3 is 1. The predicted molar refractivity (Wildman–Crippen MR) is 104 cm³/mol. The van der Waals surface area contributed by atoms with Crippen molar-refractivity contribution in [2.75, 3.05) is 12.4 Å². The van der Waals surface area contributed by atoms with E-state index in [1.165, 1.54) is 0 Å². The Hall–Kier alpha value is -2.60. The number of amides is 1. The highest BCUT2D eigenvalue weighted by Crippen LogP contribution is 2.17. The predicted octanol–water partition coefficient (Wildman–Crippen LogP) is 4.00. The summed E-state index contributed by atoms with van der Waals surface area (Å²) in [6.07, 6.45) is 1.06. The Balaban J connectivity index is 1.93. The Bertz CT molecular complexity index is 732. The summed E-state index contributed by atoms with van der Waals surface area (Å²) in [7, 11) is 1.59. The van der Waals surface area contributed by atoms with Crippen molar-refractivity contribution in [3.63, 3.8) is 0 Å². The second kappa shape index (κ2) is 9.03. The first kappa shape index (κ1) is 18.7. The van der Waals surface area contributed by atoms with Crippen LogP contribution in [0.15, 0.2) is 48.5 Å². The number of thiocarbonyl (C=S) groups is 1. The largest absolute Gasteiger partial charge is 0.497 e. The third-order valence-corrected chi connectivity index (χ3v) is 3.79. The average Bonchev–Trinajstić information content (AvgIpc) is 2.62. The molecule has 2 aromatic carbocycles. The molecule has 0 saturated carbocycles. The molecule has 25 heavy (non-hydrogen) atoms. The van der Waals surface area contributed by atoms with E-state index in [4.69, 9.17) is 21.7 Å². The SMILES string of the molecule is CCC(C)Oc1ccc(C(=O)NC(=S)Nc2cccc(OC)c2)cc1. The quantitative estimate of drug-likeness (QED) is 0.765. The standard InChI is InChI=1S/C19H22N2O3S/c1-4-13(2)24-16-10-8-14(9-11-16)18(22)21-19(25)20-15-6-5-7-17(12-15)23-3/h5-13H,4H2,1-3H3,(H2,20,21,22,25). The second-order valence-electron chi connectivity index (χ2n) is 5.50. The van der Waals surface area contributed by atoms with Gasteiger partial charge in [0.25, 0.3) is 5.91 Å². The minimum atomic E-state index is -0.282. The van der Waals surface area contributed by atoms with Gasteiger partial charge in [-0.2, -0.15) is 0 Å². The lowest BCUT2D eigenvalue weighted by molar-refractivity contribution is 0.0977. The number of carbonyl (C=O) groups excluding carboxylic acids is 1. The molecular formula is C19H22N2O3S. The molecule has 2 rings (SSSR count). The molecule has 6 heteroatoms. The van der Waals surface area contributed by atoms with Crippen LogP contribution in [0, 0.1) is 0 Å². The molecule has 1 amide bonds. The molecule has 1 atom stereocenters. The fourth-order valence-electron chi connectivity index (χ4n) is 2.04. The van der Waals surface area contributed by atoms with E-state index in [-0.39, 0.29) is 17.1 Å². The normalized spacial score (nSPS) is 11.3. The minimum Gasteiger partial charge on any atom is -0.497 e. The molecule has 0 radical (unpaired) electrons. The number of benzene rings is 2. The molecule has 2 aromatic rings. The highest BCUT2D eigenvalue weighted by Gasteiger charge is 2.09. The van der Waals surface area contributed by atoms with Gasteiger partial charge in [-0.1, -0.05) is 13.0 Å². The molecule has 0 bridgehead atoms. The van der Waals surface area contributed by atoms with Gasteiger partial charge in [-0.15, -0.1) is 0 Å². The number of ether oxygens (including phenoxy) is 2. The zero-order chi connectivity index (χ0) is 18.2. The van der Waals surface area contributed by atoms with Gasteiger partial charge in [0.2, 0.25) is 0 Å². The highest BCUT2D eigenvalue weighted by atomic mass is 32.1. The molecule has 2 N–H and O–H groups in total. The fourth-order valence-corrected chi connectivity index (χ4v) is 2.25. The summed E-state index contributed by atoms with van der Waals surface area (Å²) < 4.78 is 10.8. The van der Waals surface area contributed by atoms with Crippen LogP contribution >= 0.6 is 12.2 Å². The topological polar surface area (TPSA) is 59.6 Å². The van der Waals surface area contributed by atoms with Crippen LogP contribution in [0.4, 0.5) is 5.69 Å². The van der Waals surface area contributed by atoms with Gasteiger partial charge in [-0.05, 0) is 62.0 Å². The van der Waals surface area contributed by atoms with E-state index in [0.29, 0.717) is 11.3 Å². The molecule has 0 heterocycles. The number of rotatable bonds is 6. The fraction of sp³-hybridized carbons (Fsp3) is 0.263. The first-order valence-electron chi connectivity index (χ1n) is 8.05. The summed E-state index contributed by atoms with van der Waals surface area (Å²) in [5.74, 6) is 1.16. The van der Waals surface area contributed by atoms with Gasteiger partial charge in [0.1, 0.15) is 11.5 Å². The summed E-state index contributed by atoms with van der Waals surface area (Å²) in [5, 5.41) is 5.83. The molecule has 0 saturated heterocycles. The number of hydrogen-bond donors (Lipinski definition) is 2. The lowest BCUT2D eigenvalue weighted by Gasteiger charge is -2.13. The number of carbonyl (C=O) groups is 1. The highest BCUT2D eigenvalue weighted by molar-refractivity contribution is 7.80. The maximum Gasteiger partial charge on any atom is 0.257 e. The first-order chi connectivity index (χ1) is 12.0. The maximum atomic E-state index is 12.3. The summed E-state index contributed by atoms with van der Waals surface area (Å²) in [4.78, 5) is 12.3. The van der Waals surface area contributed by atoms with Crippen LogP contribution in [0.25, 0.3) is 0 Å². The Labute approximate surface area is 153 Å². The van der Waals surface area contributed by atoms with Crippen LogP contribution in [0.3, 0.4) is 0 Å². The number of anilines is 1. The van der Waals surface area contributed by atoms with Gasteiger partial charge in [0, 0.05) is 17.3 Å². The molecule has 5 nitrogen and oxygen atoms in total. The molecule has 0 aliphatic carbocycles. The summed E-state index contributed by atoms with van der Waals surface area (Å²) in [6.45, 7) is 4.06. The van der Waals surface area contributed by atoms with Crippen molar-refractivity contribution < 1.29 is 14.3 Å². The van der Waals surface area contributed by atoms with Crippen LogP contribution in [0.2, 0.25) is 0 Å². The molecular weight excluding hydrogens is 336 g/mol. The zero-order valence-electron chi connectivity index (χ0n) is 14.5. The van der Waals surface area contributed by atoms with Crippen LogP contribution in [0.1, 0.15) is 30.6 Å². The van der Waals surface area contributed by atoms with Gasteiger partial charge in [-0.25, -0.2) is 0 Å². The number of hydrogen-bond acceptors (Lipinski definition) is 4. The smallest absolute Gasteiger partial charge is 0.257 e. The van der Waals surface area contributed by atoms with Crippen molar-refractivity contribution in [2.45, 2.75) is 26.4 Å². The Morgan fingerprint density at radius 2 is 1.88 bits per heavy atom. The van der Waals surface area contributed by atoms with Crippen LogP contribution < -0.4 is 20.1 Å². The van der Waals surface area contributed by atoms with E-state index in [1.807, 2.05) is 25.1 Å².